The Balaban J connectivity index is 0.000000753. The van der Waals surface area contributed by atoms with Crippen molar-refractivity contribution < 1.29 is 0 Å². The molecule has 0 aromatic carbocycles. The van der Waals surface area contributed by atoms with Crippen molar-refractivity contribution in [3.8, 4) is 0 Å². The van der Waals surface area contributed by atoms with Gasteiger partial charge >= 0.3 is 0 Å². The lowest BCUT2D eigenvalue weighted by molar-refractivity contribution is 0.0200. The van der Waals surface area contributed by atoms with E-state index < -0.39 is 0 Å². The Labute approximate surface area is 144 Å². The highest BCUT2D eigenvalue weighted by atomic mass is 14.6. The van der Waals surface area contributed by atoms with Gasteiger partial charge < -0.3 is 0 Å². The first-order chi connectivity index (χ1) is 11.0. The molecule has 0 amide bonds. The summed E-state index contributed by atoms with van der Waals surface area (Å²) in [5, 5.41) is 0. The van der Waals surface area contributed by atoms with E-state index in [0.29, 0.717) is 5.41 Å². The third-order valence-corrected chi connectivity index (χ3v) is 8.04. The number of rotatable bonds is 0. The molecule has 0 aromatic rings. The van der Waals surface area contributed by atoms with Crippen LogP contribution in [0.2, 0.25) is 0 Å². The first-order valence-corrected chi connectivity index (χ1v) is 10.4. The van der Waals surface area contributed by atoms with Gasteiger partial charge in [0.1, 0.15) is 0 Å². The first-order valence-electron chi connectivity index (χ1n) is 10.4. The lowest BCUT2D eigenvalue weighted by Crippen LogP contribution is -2.45. The van der Waals surface area contributed by atoms with Crippen LogP contribution in [0.15, 0.2) is 23.3 Å². The minimum absolute atomic E-state index is 0.487. The average molecular weight is 315 g/mol. The molecular formula is C23H38. The Hall–Kier alpha value is -0.520. The summed E-state index contributed by atoms with van der Waals surface area (Å²) < 4.78 is 0. The molecule has 0 radical (unpaired) electrons. The maximum atomic E-state index is 4.45. The van der Waals surface area contributed by atoms with Crippen LogP contribution in [0.4, 0.5) is 0 Å². The lowest BCUT2D eigenvalue weighted by atomic mass is 9.51. The van der Waals surface area contributed by atoms with Crippen LogP contribution in [-0.4, -0.2) is 0 Å². The second-order valence-electron chi connectivity index (χ2n) is 9.04. The van der Waals surface area contributed by atoms with Gasteiger partial charge in [-0.25, -0.2) is 0 Å². The zero-order valence-electron chi connectivity index (χ0n) is 16.3. The van der Waals surface area contributed by atoms with E-state index in [2.05, 4.69) is 27.4 Å². The molecule has 0 heterocycles. The van der Waals surface area contributed by atoms with E-state index in [1.165, 1.54) is 51.4 Å². The van der Waals surface area contributed by atoms with E-state index in [-0.39, 0.29) is 0 Å². The van der Waals surface area contributed by atoms with E-state index in [0.717, 1.165) is 29.6 Å². The molecule has 6 atom stereocenters. The fourth-order valence-electron chi connectivity index (χ4n) is 6.73. The van der Waals surface area contributed by atoms with Crippen molar-refractivity contribution in [3.05, 3.63) is 23.3 Å². The fraction of sp³-hybridized carbons (Fsp3) is 0.826. The summed E-state index contributed by atoms with van der Waals surface area (Å²) in [6, 6.07) is 0. The summed E-state index contributed by atoms with van der Waals surface area (Å²) in [5.41, 5.74) is 5.75. The summed E-state index contributed by atoms with van der Waals surface area (Å²) in [5.74, 6) is 4.83. The molecule has 4 aliphatic carbocycles. The van der Waals surface area contributed by atoms with Crippen LogP contribution >= 0.6 is 0 Å². The number of hydrogen-bond donors (Lipinski definition) is 0. The minimum atomic E-state index is 0.487. The average Bonchev–Trinajstić information content (AvgIpc) is 2.86. The predicted molar refractivity (Wildman–Crippen MR) is 101 cm³/mol. The highest BCUT2D eigenvalue weighted by molar-refractivity contribution is 5.28. The van der Waals surface area contributed by atoms with Crippen molar-refractivity contribution in [1.29, 1.82) is 0 Å². The molecule has 0 aromatic heterocycles. The van der Waals surface area contributed by atoms with Crippen LogP contribution in [-0.2, 0) is 0 Å². The van der Waals surface area contributed by atoms with Gasteiger partial charge in [-0.2, -0.15) is 0 Å². The van der Waals surface area contributed by atoms with Gasteiger partial charge in [-0.15, -0.1) is 0 Å². The van der Waals surface area contributed by atoms with Crippen LogP contribution in [0.1, 0.15) is 86.0 Å². The van der Waals surface area contributed by atoms with Gasteiger partial charge in [-0.3, -0.25) is 0 Å². The smallest absolute Gasteiger partial charge is 0.00878 e. The maximum Gasteiger partial charge on any atom is -0.00878 e. The molecule has 4 aliphatic rings. The van der Waals surface area contributed by atoms with Gasteiger partial charge in [0.15, 0.2) is 0 Å². The summed E-state index contributed by atoms with van der Waals surface area (Å²) >= 11 is 0. The van der Waals surface area contributed by atoms with E-state index in [1.54, 1.807) is 11.1 Å². The molecule has 0 aliphatic heterocycles. The number of fused-ring (bicyclic) bond motifs is 5. The molecule has 0 N–H and O–H groups in total. The molecule has 0 spiro atoms. The summed E-state index contributed by atoms with van der Waals surface area (Å²) in [6.07, 6.45) is 11.4. The zero-order chi connectivity index (χ0) is 16.8. The van der Waals surface area contributed by atoms with Gasteiger partial charge in [-0.05, 0) is 93.3 Å². The third kappa shape index (κ3) is 2.65. The summed E-state index contributed by atoms with van der Waals surface area (Å²) in [4.78, 5) is 0. The fourth-order valence-corrected chi connectivity index (χ4v) is 6.73. The van der Waals surface area contributed by atoms with Crippen molar-refractivity contribution in [1.82, 2.24) is 0 Å². The van der Waals surface area contributed by atoms with E-state index in [1.807, 2.05) is 19.4 Å². The second-order valence-corrected chi connectivity index (χ2v) is 9.04. The standard InChI is InChI=1S/C21H32.C2H6/c1-13-5-7-16-17-9-10-21(4)15(3)6-8-20(21)19(17)12-14(2)18(16)11-13;1-2/h13,16-17,19-20H,3,5-12H2,1-2,4H3;1-2H3. The van der Waals surface area contributed by atoms with Crippen LogP contribution < -0.4 is 0 Å². The molecule has 130 valence electrons. The predicted octanol–water partition coefficient (Wildman–Crippen LogP) is 7.17. The number of hydrogen-bond acceptors (Lipinski definition) is 0. The minimum Gasteiger partial charge on any atom is -0.0993 e. The van der Waals surface area contributed by atoms with Crippen LogP contribution in [0, 0.1) is 35.0 Å². The first kappa shape index (κ1) is 17.3. The molecule has 3 saturated carbocycles. The number of allylic oxidation sites excluding steroid dienone is 3. The quantitative estimate of drug-likeness (QED) is 0.416. The molecule has 0 heteroatoms. The molecule has 0 nitrogen and oxygen atoms in total. The molecular weight excluding hydrogens is 276 g/mol. The Kier molecular flexibility index (Phi) is 4.83. The Morgan fingerprint density at radius 1 is 1.00 bits per heavy atom. The van der Waals surface area contributed by atoms with E-state index in [4.69, 9.17) is 0 Å². The van der Waals surface area contributed by atoms with Crippen molar-refractivity contribution in [2.45, 2.75) is 86.0 Å². The van der Waals surface area contributed by atoms with Crippen LogP contribution in [0.25, 0.3) is 0 Å². The molecule has 0 saturated heterocycles. The summed E-state index contributed by atoms with van der Waals surface area (Å²) in [7, 11) is 0. The van der Waals surface area contributed by atoms with E-state index >= 15 is 0 Å². The summed E-state index contributed by atoms with van der Waals surface area (Å²) in [6.45, 7) is 15.9. The van der Waals surface area contributed by atoms with Gasteiger partial charge in [0, 0.05) is 0 Å². The SMILES string of the molecule is C=C1CCC2C3CC(C)=C4CC(C)CCC4C3CCC12C.CC. The molecule has 0 bridgehead atoms. The Bertz CT molecular complexity index is 496. The monoisotopic (exact) mass is 314 g/mol. The second kappa shape index (κ2) is 6.41. The van der Waals surface area contributed by atoms with Crippen molar-refractivity contribution >= 4 is 0 Å². The van der Waals surface area contributed by atoms with Crippen LogP contribution in [0.5, 0.6) is 0 Å². The molecule has 4 rings (SSSR count). The van der Waals surface area contributed by atoms with Crippen molar-refractivity contribution in [2.24, 2.45) is 35.0 Å². The van der Waals surface area contributed by atoms with Gasteiger partial charge in [0.25, 0.3) is 0 Å². The van der Waals surface area contributed by atoms with E-state index in [9.17, 15) is 0 Å². The molecule has 6 unspecified atom stereocenters. The molecule has 3 fully saturated rings. The lowest BCUT2D eigenvalue weighted by Gasteiger charge is -2.53. The van der Waals surface area contributed by atoms with Crippen LogP contribution in [0.3, 0.4) is 0 Å². The largest absolute Gasteiger partial charge is 0.0993 e. The third-order valence-electron chi connectivity index (χ3n) is 8.04. The topological polar surface area (TPSA) is 0 Å². The van der Waals surface area contributed by atoms with Crippen molar-refractivity contribution in [3.63, 3.8) is 0 Å². The van der Waals surface area contributed by atoms with Gasteiger partial charge in [0.05, 0.1) is 0 Å². The highest BCUT2D eigenvalue weighted by Gasteiger charge is 2.53. The van der Waals surface area contributed by atoms with Gasteiger partial charge in [-0.1, -0.05) is 51.0 Å². The zero-order valence-corrected chi connectivity index (χ0v) is 16.3. The van der Waals surface area contributed by atoms with Crippen molar-refractivity contribution in [2.75, 3.05) is 0 Å². The Morgan fingerprint density at radius 3 is 2.48 bits per heavy atom. The normalized spacial score (nSPS) is 45.6. The van der Waals surface area contributed by atoms with Gasteiger partial charge in [0.2, 0.25) is 0 Å². The molecule has 23 heavy (non-hydrogen) atoms. The Morgan fingerprint density at radius 2 is 1.74 bits per heavy atom. The highest BCUT2D eigenvalue weighted by Crippen LogP contribution is 2.63. The maximum absolute atomic E-state index is 4.45.